The Morgan fingerprint density at radius 3 is 2.59 bits per heavy atom. The molecule has 0 saturated carbocycles. The molecule has 29 heavy (non-hydrogen) atoms. The predicted octanol–water partition coefficient (Wildman–Crippen LogP) is 1.96. The lowest BCUT2D eigenvalue weighted by Crippen LogP contribution is -2.68. The molecule has 7 nitrogen and oxygen atoms in total. The number of nitrogens with zero attached hydrogens (tertiary/aromatic N) is 3. The quantitative estimate of drug-likeness (QED) is 0.853. The van der Waals surface area contributed by atoms with Crippen molar-refractivity contribution in [2.24, 2.45) is 7.05 Å². The predicted molar refractivity (Wildman–Crippen MR) is 110 cm³/mol. The topological polar surface area (TPSA) is 75.0 Å². The highest BCUT2D eigenvalue weighted by molar-refractivity contribution is 5.90. The molecule has 156 valence electrons. The maximum Gasteiger partial charge on any atom is 0.223 e. The number of fused-ring (bicyclic) bond motifs is 4. The number of aliphatic hydroxyl groups excluding tert-OH is 1. The molecule has 2 aliphatic rings. The number of benzene rings is 1. The summed E-state index contributed by atoms with van der Waals surface area (Å²) in [7, 11) is 3.62. The maximum atomic E-state index is 13.0. The van der Waals surface area contributed by atoms with E-state index in [0.717, 1.165) is 34.3 Å². The van der Waals surface area contributed by atoms with Crippen molar-refractivity contribution >= 4 is 22.7 Å². The monoisotopic (exact) mass is 399 g/mol. The van der Waals surface area contributed by atoms with Crippen LogP contribution >= 0.6 is 0 Å². The molecule has 1 fully saturated rings. The van der Waals surface area contributed by atoms with Gasteiger partial charge in [0.15, 0.2) is 0 Å². The number of hydrogen-bond donors (Lipinski definition) is 1. The van der Waals surface area contributed by atoms with E-state index in [1.165, 1.54) is 0 Å². The van der Waals surface area contributed by atoms with Crippen molar-refractivity contribution in [2.45, 2.75) is 38.1 Å². The molecule has 0 bridgehead atoms. The first kappa shape index (κ1) is 19.8. The molecule has 3 heterocycles. The van der Waals surface area contributed by atoms with Gasteiger partial charge in [-0.2, -0.15) is 0 Å². The number of carbonyl (C=O) groups is 2. The number of aryl methyl sites for hydroxylation is 1. The SMILES string of the molecule is CCCC(=O)N1CC2(CN(C(C)=O)C2)c2c(n(C)c3cc(OC)ccc23)[C@@H]1CO. The van der Waals surface area contributed by atoms with Crippen LogP contribution in [0.4, 0.5) is 0 Å². The summed E-state index contributed by atoms with van der Waals surface area (Å²) < 4.78 is 7.50. The number of methoxy groups -OCH3 is 1. The molecule has 1 aromatic carbocycles. The highest BCUT2D eigenvalue weighted by atomic mass is 16.5. The van der Waals surface area contributed by atoms with Gasteiger partial charge < -0.3 is 24.2 Å². The number of rotatable bonds is 4. The number of hydrogen-bond acceptors (Lipinski definition) is 4. The molecular formula is C22H29N3O4. The lowest BCUT2D eigenvalue weighted by molar-refractivity contribution is -0.144. The molecule has 2 aromatic rings. The molecule has 2 aliphatic heterocycles. The van der Waals surface area contributed by atoms with Crippen LogP contribution in [0, 0.1) is 0 Å². The van der Waals surface area contributed by atoms with Gasteiger partial charge in [-0.05, 0) is 24.1 Å². The highest BCUT2D eigenvalue weighted by Gasteiger charge is 2.54. The summed E-state index contributed by atoms with van der Waals surface area (Å²) in [5.41, 5.74) is 2.84. The Morgan fingerprint density at radius 2 is 2.00 bits per heavy atom. The van der Waals surface area contributed by atoms with Crippen LogP contribution in [0.25, 0.3) is 10.9 Å². The summed E-state index contributed by atoms with van der Waals surface area (Å²) in [6.07, 6.45) is 1.22. The molecule has 4 rings (SSSR count). The number of aliphatic hydroxyl groups is 1. The standard InChI is InChI=1S/C22H29N3O4/c1-5-6-19(28)25-13-22(11-24(12-22)14(2)27)20-16-8-7-15(29-4)9-17(16)23(3)21(20)18(25)10-26/h7-9,18,26H,5-6,10-13H2,1-4H3/t18-/m0/s1. The fourth-order valence-electron chi connectivity index (χ4n) is 5.14. The zero-order chi connectivity index (χ0) is 20.9. The number of likely N-dealkylation sites (tertiary alicyclic amines) is 1. The molecule has 1 atom stereocenters. The molecule has 2 amide bonds. The van der Waals surface area contributed by atoms with Crippen LogP contribution in [0.2, 0.25) is 0 Å². The number of carbonyl (C=O) groups excluding carboxylic acids is 2. The Bertz CT molecular complexity index is 974. The molecule has 1 saturated heterocycles. The van der Waals surface area contributed by atoms with E-state index in [0.29, 0.717) is 26.1 Å². The smallest absolute Gasteiger partial charge is 0.223 e. The average molecular weight is 399 g/mol. The first-order chi connectivity index (χ1) is 13.9. The van der Waals surface area contributed by atoms with Gasteiger partial charge in [-0.3, -0.25) is 9.59 Å². The molecule has 1 N–H and O–H groups in total. The highest BCUT2D eigenvalue weighted by Crippen LogP contribution is 2.49. The van der Waals surface area contributed by atoms with Gasteiger partial charge in [0.25, 0.3) is 0 Å². The Kier molecular flexibility index (Phi) is 4.81. The van der Waals surface area contributed by atoms with E-state index in [9.17, 15) is 14.7 Å². The van der Waals surface area contributed by atoms with Gasteiger partial charge in [0.2, 0.25) is 11.8 Å². The minimum absolute atomic E-state index is 0.0507. The summed E-state index contributed by atoms with van der Waals surface area (Å²) in [5, 5.41) is 11.4. The van der Waals surface area contributed by atoms with Crippen molar-refractivity contribution in [2.75, 3.05) is 33.4 Å². The Balaban J connectivity index is 1.93. The summed E-state index contributed by atoms with van der Waals surface area (Å²) in [6, 6.07) is 5.61. The van der Waals surface area contributed by atoms with Crippen LogP contribution in [0.1, 0.15) is 44.0 Å². The third-order valence-corrected chi connectivity index (χ3v) is 6.54. The zero-order valence-electron chi connectivity index (χ0n) is 17.6. The fourth-order valence-corrected chi connectivity index (χ4v) is 5.14. The fraction of sp³-hybridized carbons (Fsp3) is 0.545. The summed E-state index contributed by atoms with van der Waals surface area (Å²) >= 11 is 0. The first-order valence-corrected chi connectivity index (χ1v) is 10.2. The van der Waals surface area contributed by atoms with Gasteiger partial charge in [0, 0.05) is 57.2 Å². The molecule has 1 spiro atoms. The Labute approximate surface area is 170 Å². The second kappa shape index (κ2) is 7.06. The average Bonchev–Trinajstić information content (AvgIpc) is 2.97. The van der Waals surface area contributed by atoms with Crippen molar-refractivity contribution in [3.8, 4) is 5.75 Å². The largest absolute Gasteiger partial charge is 0.497 e. The van der Waals surface area contributed by atoms with Gasteiger partial charge in [-0.1, -0.05) is 6.92 Å². The minimum atomic E-state index is -0.385. The van der Waals surface area contributed by atoms with Gasteiger partial charge in [0.05, 0.1) is 30.7 Å². The lowest BCUT2D eigenvalue weighted by Gasteiger charge is -2.56. The molecule has 0 radical (unpaired) electrons. The van der Waals surface area contributed by atoms with E-state index in [1.807, 2.05) is 35.9 Å². The third-order valence-electron chi connectivity index (χ3n) is 6.54. The summed E-state index contributed by atoms with van der Waals surface area (Å²) in [6.45, 7) is 5.15. The molecule has 1 aromatic heterocycles. The van der Waals surface area contributed by atoms with Crippen molar-refractivity contribution in [3.05, 3.63) is 29.5 Å². The molecule has 0 unspecified atom stereocenters. The van der Waals surface area contributed by atoms with Gasteiger partial charge in [-0.15, -0.1) is 0 Å². The molecule has 0 aliphatic carbocycles. The maximum absolute atomic E-state index is 13.0. The van der Waals surface area contributed by atoms with E-state index < -0.39 is 0 Å². The van der Waals surface area contributed by atoms with E-state index >= 15 is 0 Å². The van der Waals surface area contributed by atoms with E-state index in [1.54, 1.807) is 14.0 Å². The van der Waals surface area contributed by atoms with Crippen molar-refractivity contribution in [1.29, 1.82) is 0 Å². The Morgan fingerprint density at radius 1 is 1.28 bits per heavy atom. The van der Waals surface area contributed by atoms with Crippen molar-refractivity contribution in [3.63, 3.8) is 0 Å². The van der Waals surface area contributed by atoms with E-state index in [4.69, 9.17) is 4.74 Å². The normalized spacial score (nSPS) is 20.0. The van der Waals surface area contributed by atoms with E-state index in [-0.39, 0.29) is 29.9 Å². The van der Waals surface area contributed by atoms with Gasteiger partial charge >= 0.3 is 0 Å². The van der Waals surface area contributed by atoms with Crippen molar-refractivity contribution in [1.82, 2.24) is 14.4 Å². The molecular weight excluding hydrogens is 370 g/mol. The van der Waals surface area contributed by atoms with Crippen LogP contribution in [0.5, 0.6) is 5.75 Å². The van der Waals surface area contributed by atoms with Crippen LogP contribution in [-0.2, 0) is 22.1 Å². The molecule has 7 heteroatoms. The second-order valence-electron chi connectivity index (χ2n) is 8.33. The number of ether oxygens (including phenoxy) is 1. The number of aromatic nitrogens is 1. The van der Waals surface area contributed by atoms with Crippen molar-refractivity contribution < 1.29 is 19.4 Å². The second-order valence-corrected chi connectivity index (χ2v) is 8.33. The first-order valence-electron chi connectivity index (χ1n) is 10.2. The zero-order valence-corrected chi connectivity index (χ0v) is 17.6. The van der Waals surface area contributed by atoms with E-state index in [2.05, 4.69) is 10.6 Å². The Hall–Kier alpha value is -2.54. The van der Waals surface area contributed by atoms with Gasteiger partial charge in [0.1, 0.15) is 5.75 Å². The third kappa shape index (κ3) is 2.82. The van der Waals surface area contributed by atoms with Crippen LogP contribution in [-0.4, -0.2) is 64.6 Å². The number of amides is 2. The van der Waals surface area contributed by atoms with Crippen LogP contribution < -0.4 is 4.74 Å². The van der Waals surface area contributed by atoms with Crippen LogP contribution in [0.3, 0.4) is 0 Å². The lowest BCUT2D eigenvalue weighted by atomic mass is 9.68. The minimum Gasteiger partial charge on any atom is -0.497 e. The van der Waals surface area contributed by atoms with Crippen LogP contribution in [0.15, 0.2) is 18.2 Å². The summed E-state index contributed by atoms with van der Waals surface area (Å²) in [4.78, 5) is 28.6. The summed E-state index contributed by atoms with van der Waals surface area (Å²) in [5.74, 6) is 0.874. The van der Waals surface area contributed by atoms with Gasteiger partial charge in [-0.25, -0.2) is 0 Å².